The van der Waals surface area contributed by atoms with E-state index in [1.165, 1.54) is 0 Å². The van der Waals surface area contributed by atoms with Crippen LogP contribution in [0.5, 0.6) is 0 Å². The maximum Gasteiger partial charge on any atom is 0.102 e. The van der Waals surface area contributed by atoms with Gasteiger partial charge >= 0.3 is 0 Å². The molecule has 1 aromatic rings. The topological polar surface area (TPSA) is 17.8 Å². The molecule has 1 radical (unpaired) electrons. The summed E-state index contributed by atoms with van der Waals surface area (Å²) < 4.78 is 1.75. The molecule has 0 atom stereocenters. The van der Waals surface area contributed by atoms with Gasteiger partial charge in [-0.05, 0) is 6.07 Å². The maximum absolute atomic E-state index is 3.94. The molecule has 0 aromatic carbocycles. The number of hydrogen-bond donors (Lipinski definition) is 0. The molecule has 0 N–H and O–H groups in total. The fourth-order valence-corrected chi connectivity index (χ4v) is 0.531. The number of aromatic nitrogens is 2. The van der Waals surface area contributed by atoms with Gasteiger partial charge in [-0.15, -0.1) is 5.92 Å². The van der Waals surface area contributed by atoms with Gasteiger partial charge in [0.05, 0.1) is 0 Å². The third-order valence-electron chi connectivity index (χ3n) is 0.925. The fourth-order valence-electron chi connectivity index (χ4n) is 0.531. The Morgan fingerprint density at radius 2 is 2.56 bits per heavy atom. The molecule has 0 amide bonds. The SMILES string of the molecule is [CH2]C#CCn1cccn1. The summed E-state index contributed by atoms with van der Waals surface area (Å²) in [5.74, 6) is 5.34. The second-order valence-electron chi connectivity index (χ2n) is 1.56. The molecular weight excluding hydrogens is 112 g/mol. The zero-order valence-corrected chi connectivity index (χ0v) is 5.04. The Bertz CT molecular complexity index is 213. The van der Waals surface area contributed by atoms with E-state index in [9.17, 15) is 0 Å². The molecule has 0 saturated carbocycles. The molecule has 9 heavy (non-hydrogen) atoms. The van der Waals surface area contributed by atoms with Crippen molar-refractivity contribution in [3.63, 3.8) is 0 Å². The van der Waals surface area contributed by atoms with Gasteiger partial charge in [-0.1, -0.05) is 5.92 Å². The smallest absolute Gasteiger partial charge is 0.102 e. The summed E-state index contributed by atoms with van der Waals surface area (Å²) in [6.07, 6.45) is 3.59. The molecule has 2 nitrogen and oxygen atoms in total. The van der Waals surface area contributed by atoms with Gasteiger partial charge in [-0.3, -0.25) is 4.68 Å². The lowest BCUT2D eigenvalue weighted by atomic mass is 10.6. The first-order chi connectivity index (χ1) is 4.43. The Labute approximate surface area is 54.5 Å². The highest BCUT2D eigenvalue weighted by atomic mass is 15.3. The highest BCUT2D eigenvalue weighted by Gasteiger charge is 1.80. The lowest BCUT2D eigenvalue weighted by Crippen LogP contribution is -1.94. The summed E-state index contributed by atoms with van der Waals surface area (Å²) in [4.78, 5) is 0. The Kier molecular flexibility index (Phi) is 1.92. The molecule has 1 heterocycles. The summed E-state index contributed by atoms with van der Waals surface area (Å²) in [6, 6.07) is 1.87. The molecule has 0 aliphatic heterocycles. The average Bonchev–Trinajstić information content (AvgIpc) is 2.34. The molecular formula is C7H7N2. The molecule has 1 aromatic heterocycles. The van der Waals surface area contributed by atoms with Gasteiger partial charge in [0.25, 0.3) is 0 Å². The van der Waals surface area contributed by atoms with Gasteiger partial charge in [0.1, 0.15) is 6.54 Å². The standard InChI is InChI=1S/C7H7N2/c1-2-3-6-9-7-4-5-8-9/h4-5,7H,1,6H2. The Balaban J connectivity index is 2.54. The van der Waals surface area contributed by atoms with Gasteiger partial charge < -0.3 is 0 Å². The van der Waals surface area contributed by atoms with Crippen molar-refractivity contribution in [2.45, 2.75) is 6.54 Å². The Hall–Kier alpha value is -1.23. The lowest BCUT2D eigenvalue weighted by molar-refractivity contribution is 0.715. The Morgan fingerprint density at radius 1 is 1.67 bits per heavy atom. The van der Waals surface area contributed by atoms with E-state index in [1.807, 2.05) is 12.3 Å². The molecule has 0 spiro atoms. The van der Waals surface area contributed by atoms with E-state index in [1.54, 1.807) is 10.9 Å². The second-order valence-corrected chi connectivity index (χ2v) is 1.56. The minimum atomic E-state index is 0.635. The number of nitrogens with zero attached hydrogens (tertiary/aromatic N) is 2. The molecule has 0 aliphatic carbocycles. The highest BCUT2D eigenvalue weighted by Crippen LogP contribution is 1.80. The summed E-state index contributed by atoms with van der Waals surface area (Å²) in [6.45, 7) is 4.02. The monoisotopic (exact) mass is 119 g/mol. The minimum absolute atomic E-state index is 0.635. The summed E-state index contributed by atoms with van der Waals surface area (Å²) in [5.41, 5.74) is 0. The maximum atomic E-state index is 3.94. The molecule has 0 fully saturated rings. The van der Waals surface area contributed by atoms with E-state index < -0.39 is 0 Å². The van der Waals surface area contributed by atoms with Crippen LogP contribution in [0, 0.1) is 18.8 Å². The van der Waals surface area contributed by atoms with Gasteiger partial charge in [0.2, 0.25) is 0 Å². The molecule has 0 saturated heterocycles. The third kappa shape index (κ3) is 1.61. The lowest BCUT2D eigenvalue weighted by Gasteiger charge is -1.88. The van der Waals surface area contributed by atoms with Crippen molar-refractivity contribution in [1.82, 2.24) is 9.78 Å². The minimum Gasteiger partial charge on any atom is -0.261 e. The van der Waals surface area contributed by atoms with Crippen LogP contribution in [-0.4, -0.2) is 9.78 Å². The predicted octanol–water partition coefficient (Wildman–Crippen LogP) is 0.721. The molecule has 0 unspecified atom stereocenters. The molecule has 0 bridgehead atoms. The molecule has 1 rings (SSSR count). The van der Waals surface area contributed by atoms with E-state index in [0.29, 0.717) is 6.54 Å². The first kappa shape index (κ1) is 5.90. The van der Waals surface area contributed by atoms with Crippen molar-refractivity contribution in [3.8, 4) is 11.8 Å². The average molecular weight is 119 g/mol. The van der Waals surface area contributed by atoms with Gasteiger partial charge in [0, 0.05) is 19.3 Å². The first-order valence-corrected chi connectivity index (χ1v) is 2.66. The Morgan fingerprint density at radius 3 is 3.11 bits per heavy atom. The van der Waals surface area contributed by atoms with Crippen LogP contribution < -0.4 is 0 Å². The quantitative estimate of drug-likeness (QED) is 0.498. The van der Waals surface area contributed by atoms with Gasteiger partial charge in [-0.2, -0.15) is 5.10 Å². The highest BCUT2D eigenvalue weighted by molar-refractivity contribution is 5.01. The summed E-state index contributed by atoms with van der Waals surface area (Å²) >= 11 is 0. The largest absolute Gasteiger partial charge is 0.261 e. The van der Waals surface area contributed by atoms with Crippen molar-refractivity contribution in [2.75, 3.05) is 0 Å². The van der Waals surface area contributed by atoms with Crippen molar-refractivity contribution >= 4 is 0 Å². The zero-order valence-electron chi connectivity index (χ0n) is 5.04. The normalized spacial score (nSPS) is 8.11. The van der Waals surface area contributed by atoms with E-state index in [2.05, 4.69) is 23.9 Å². The van der Waals surface area contributed by atoms with Crippen LogP contribution >= 0.6 is 0 Å². The molecule has 45 valence electrons. The second kappa shape index (κ2) is 2.93. The van der Waals surface area contributed by atoms with E-state index >= 15 is 0 Å². The molecule has 0 aliphatic rings. The predicted molar refractivity (Wildman–Crippen MR) is 35.4 cm³/mol. The number of rotatable bonds is 1. The summed E-state index contributed by atoms with van der Waals surface area (Å²) in [7, 11) is 0. The fraction of sp³-hybridized carbons (Fsp3) is 0.143. The zero-order chi connectivity index (χ0) is 6.53. The van der Waals surface area contributed by atoms with Gasteiger partial charge in [-0.25, -0.2) is 0 Å². The first-order valence-electron chi connectivity index (χ1n) is 2.66. The van der Waals surface area contributed by atoms with E-state index in [0.717, 1.165) is 0 Å². The van der Waals surface area contributed by atoms with Crippen LogP contribution in [-0.2, 0) is 6.54 Å². The van der Waals surface area contributed by atoms with Crippen LogP contribution in [0.1, 0.15) is 0 Å². The van der Waals surface area contributed by atoms with Crippen molar-refractivity contribution in [2.24, 2.45) is 0 Å². The van der Waals surface area contributed by atoms with Crippen LogP contribution in [0.15, 0.2) is 18.5 Å². The molecule has 2 heteroatoms. The third-order valence-corrected chi connectivity index (χ3v) is 0.925. The van der Waals surface area contributed by atoms with Crippen molar-refractivity contribution in [3.05, 3.63) is 25.4 Å². The van der Waals surface area contributed by atoms with Gasteiger partial charge in [0.15, 0.2) is 0 Å². The van der Waals surface area contributed by atoms with Crippen LogP contribution in [0.2, 0.25) is 0 Å². The van der Waals surface area contributed by atoms with Crippen molar-refractivity contribution in [1.29, 1.82) is 0 Å². The summed E-state index contributed by atoms with van der Waals surface area (Å²) in [5, 5.41) is 3.94. The van der Waals surface area contributed by atoms with Crippen molar-refractivity contribution < 1.29 is 0 Å². The van der Waals surface area contributed by atoms with Crippen LogP contribution in [0.4, 0.5) is 0 Å². The van der Waals surface area contributed by atoms with E-state index in [4.69, 9.17) is 0 Å². The van der Waals surface area contributed by atoms with Crippen LogP contribution in [0.25, 0.3) is 0 Å². The van der Waals surface area contributed by atoms with E-state index in [-0.39, 0.29) is 0 Å². The number of hydrogen-bond acceptors (Lipinski definition) is 1. The van der Waals surface area contributed by atoms with Crippen LogP contribution in [0.3, 0.4) is 0 Å².